The van der Waals surface area contributed by atoms with E-state index in [0.29, 0.717) is 0 Å². The lowest BCUT2D eigenvalue weighted by Gasteiger charge is -1.86. The van der Waals surface area contributed by atoms with Crippen molar-refractivity contribution in [2.45, 2.75) is 12.8 Å². The molecule has 0 aromatic carbocycles. The standard InChI is InChI=1S/C6H4N2O4/c9-3-7-5(11)1-2-6(12)8-4-10/h1-2H2. The van der Waals surface area contributed by atoms with Gasteiger partial charge in [-0.2, -0.15) is 0 Å². The van der Waals surface area contributed by atoms with Gasteiger partial charge in [0.25, 0.3) is 11.8 Å². The molecule has 2 amide bonds. The molecule has 0 bridgehead atoms. The van der Waals surface area contributed by atoms with E-state index in [1.807, 2.05) is 0 Å². The fourth-order valence-corrected chi connectivity index (χ4v) is 0.427. The minimum absolute atomic E-state index is 0.251. The zero-order valence-electron chi connectivity index (χ0n) is 5.94. The Bertz CT molecular complexity index is 254. The molecule has 6 nitrogen and oxygen atoms in total. The van der Waals surface area contributed by atoms with E-state index in [-0.39, 0.29) is 12.8 Å². The van der Waals surface area contributed by atoms with Gasteiger partial charge in [0.2, 0.25) is 12.2 Å². The minimum Gasteiger partial charge on any atom is -0.272 e. The van der Waals surface area contributed by atoms with Crippen molar-refractivity contribution in [3.8, 4) is 0 Å². The number of rotatable bonds is 3. The number of hydrogen-bond acceptors (Lipinski definition) is 4. The molecule has 0 saturated carbocycles. The fraction of sp³-hybridized carbons (Fsp3) is 0.333. The smallest absolute Gasteiger partial charge is 0.257 e. The number of carbonyl (C=O) groups is 2. The fourth-order valence-electron chi connectivity index (χ4n) is 0.427. The molecular formula is C6H4N2O4. The monoisotopic (exact) mass is 168 g/mol. The van der Waals surface area contributed by atoms with Crippen LogP contribution in [0.25, 0.3) is 0 Å². The van der Waals surface area contributed by atoms with E-state index in [1.54, 1.807) is 0 Å². The normalized spacial score (nSPS) is 7.67. The Morgan fingerprint density at radius 1 is 0.917 bits per heavy atom. The molecule has 0 fully saturated rings. The van der Waals surface area contributed by atoms with Gasteiger partial charge in [0.1, 0.15) is 0 Å². The van der Waals surface area contributed by atoms with Crippen LogP contribution in [0, 0.1) is 0 Å². The third-order valence-electron chi connectivity index (χ3n) is 0.893. The first-order valence-electron chi connectivity index (χ1n) is 2.92. The summed E-state index contributed by atoms with van der Waals surface area (Å²) in [6, 6.07) is 0. The summed E-state index contributed by atoms with van der Waals surface area (Å²) in [5, 5.41) is 0. The minimum atomic E-state index is -0.764. The van der Waals surface area contributed by atoms with Crippen LogP contribution >= 0.6 is 0 Å². The molecule has 0 N–H and O–H groups in total. The SMILES string of the molecule is O=C=NC(=O)CCC(=O)N=C=O. The molecular weight excluding hydrogens is 164 g/mol. The van der Waals surface area contributed by atoms with Crippen molar-refractivity contribution in [2.75, 3.05) is 0 Å². The first kappa shape index (κ1) is 10.1. The molecule has 6 heteroatoms. The summed E-state index contributed by atoms with van der Waals surface area (Å²) in [5.74, 6) is -1.53. The van der Waals surface area contributed by atoms with Gasteiger partial charge >= 0.3 is 0 Å². The van der Waals surface area contributed by atoms with Crippen molar-refractivity contribution >= 4 is 24.0 Å². The van der Waals surface area contributed by atoms with E-state index in [2.05, 4.69) is 9.98 Å². The quantitative estimate of drug-likeness (QED) is 0.419. The Balaban J connectivity index is 3.83. The average Bonchev–Trinajstić information content (AvgIpc) is 2.02. The molecule has 0 radical (unpaired) electrons. The molecule has 0 aromatic rings. The number of aliphatic imine (C=N–C) groups is 2. The summed E-state index contributed by atoms with van der Waals surface area (Å²) in [6.45, 7) is 0. The lowest BCUT2D eigenvalue weighted by atomic mass is 10.3. The van der Waals surface area contributed by atoms with Crippen LogP contribution < -0.4 is 0 Å². The molecule has 0 unspecified atom stereocenters. The number of isocyanates is 2. The van der Waals surface area contributed by atoms with Crippen molar-refractivity contribution in [1.29, 1.82) is 0 Å². The highest BCUT2D eigenvalue weighted by molar-refractivity contribution is 5.88. The molecule has 0 aliphatic heterocycles. The van der Waals surface area contributed by atoms with Gasteiger partial charge in [-0.1, -0.05) is 0 Å². The highest BCUT2D eigenvalue weighted by atomic mass is 16.2. The maximum atomic E-state index is 10.4. The molecule has 12 heavy (non-hydrogen) atoms. The van der Waals surface area contributed by atoms with Crippen molar-refractivity contribution < 1.29 is 19.2 Å². The van der Waals surface area contributed by atoms with E-state index in [0.717, 1.165) is 12.2 Å². The Labute approximate surface area is 67.0 Å². The zero-order valence-corrected chi connectivity index (χ0v) is 5.94. The zero-order chi connectivity index (χ0) is 9.40. The lowest BCUT2D eigenvalue weighted by molar-refractivity contribution is -0.122. The van der Waals surface area contributed by atoms with Crippen LogP contribution in [0.5, 0.6) is 0 Å². The third kappa shape index (κ3) is 4.93. The van der Waals surface area contributed by atoms with Crippen molar-refractivity contribution in [3.63, 3.8) is 0 Å². The maximum absolute atomic E-state index is 10.4. The van der Waals surface area contributed by atoms with Crippen LogP contribution in [-0.4, -0.2) is 24.0 Å². The van der Waals surface area contributed by atoms with Crippen LogP contribution in [0.1, 0.15) is 12.8 Å². The number of nitrogens with zero attached hydrogens (tertiary/aromatic N) is 2. The van der Waals surface area contributed by atoms with Gasteiger partial charge in [0.15, 0.2) is 0 Å². The molecule has 0 rings (SSSR count). The second-order valence-corrected chi connectivity index (χ2v) is 1.69. The van der Waals surface area contributed by atoms with Crippen LogP contribution in [-0.2, 0) is 19.2 Å². The summed E-state index contributed by atoms with van der Waals surface area (Å²) in [5.41, 5.74) is 0. The van der Waals surface area contributed by atoms with Gasteiger partial charge in [-0.15, -0.1) is 9.98 Å². The van der Waals surface area contributed by atoms with Gasteiger partial charge in [0, 0.05) is 12.8 Å². The highest BCUT2D eigenvalue weighted by Crippen LogP contribution is 1.93. The first-order chi connectivity index (χ1) is 5.70. The van der Waals surface area contributed by atoms with Crippen LogP contribution in [0.2, 0.25) is 0 Å². The second kappa shape index (κ2) is 5.85. The van der Waals surface area contributed by atoms with E-state index in [9.17, 15) is 19.2 Å². The predicted octanol–water partition coefficient (Wildman–Crippen LogP) is -0.509. The summed E-state index contributed by atoms with van der Waals surface area (Å²) < 4.78 is 0. The third-order valence-corrected chi connectivity index (χ3v) is 0.893. The first-order valence-corrected chi connectivity index (χ1v) is 2.92. The van der Waals surface area contributed by atoms with Crippen molar-refractivity contribution in [1.82, 2.24) is 0 Å². The van der Waals surface area contributed by atoms with Gasteiger partial charge in [-0.3, -0.25) is 9.59 Å². The van der Waals surface area contributed by atoms with Crippen molar-refractivity contribution in [2.24, 2.45) is 9.98 Å². The second-order valence-electron chi connectivity index (χ2n) is 1.69. The van der Waals surface area contributed by atoms with Crippen LogP contribution in [0.4, 0.5) is 0 Å². The predicted molar refractivity (Wildman–Crippen MR) is 35.5 cm³/mol. The molecule has 0 aliphatic rings. The molecule has 0 saturated heterocycles. The van der Waals surface area contributed by atoms with Gasteiger partial charge in [0.05, 0.1) is 0 Å². The molecule has 0 atom stereocenters. The number of amides is 2. The Hall–Kier alpha value is -1.90. The summed E-state index contributed by atoms with van der Waals surface area (Å²) in [6.07, 6.45) is 1.56. The van der Waals surface area contributed by atoms with E-state index < -0.39 is 11.8 Å². The number of hydrogen-bond donors (Lipinski definition) is 0. The van der Waals surface area contributed by atoms with Gasteiger partial charge in [-0.25, -0.2) is 9.59 Å². The van der Waals surface area contributed by atoms with E-state index in [1.165, 1.54) is 0 Å². The molecule has 62 valence electrons. The van der Waals surface area contributed by atoms with Gasteiger partial charge < -0.3 is 0 Å². The molecule has 0 aliphatic carbocycles. The Morgan fingerprint density at radius 3 is 1.50 bits per heavy atom. The number of carbonyl (C=O) groups excluding carboxylic acids is 4. The average molecular weight is 168 g/mol. The van der Waals surface area contributed by atoms with Crippen LogP contribution in [0.15, 0.2) is 9.98 Å². The van der Waals surface area contributed by atoms with E-state index >= 15 is 0 Å². The molecule has 0 aromatic heterocycles. The Morgan fingerprint density at radius 2 is 1.25 bits per heavy atom. The lowest BCUT2D eigenvalue weighted by Crippen LogP contribution is -1.98. The largest absolute Gasteiger partial charge is 0.272 e. The van der Waals surface area contributed by atoms with E-state index in [4.69, 9.17) is 0 Å². The summed E-state index contributed by atoms with van der Waals surface area (Å²) >= 11 is 0. The molecule has 0 heterocycles. The Kier molecular flexibility index (Phi) is 4.93. The van der Waals surface area contributed by atoms with Crippen LogP contribution in [0.3, 0.4) is 0 Å². The molecule has 0 spiro atoms. The highest BCUT2D eigenvalue weighted by Gasteiger charge is 2.03. The van der Waals surface area contributed by atoms with Crippen molar-refractivity contribution in [3.05, 3.63) is 0 Å². The summed E-state index contributed by atoms with van der Waals surface area (Å²) in [4.78, 5) is 45.3. The topological polar surface area (TPSA) is 93.0 Å². The summed E-state index contributed by atoms with van der Waals surface area (Å²) in [7, 11) is 0. The maximum Gasteiger partial charge on any atom is 0.257 e. The van der Waals surface area contributed by atoms with Gasteiger partial charge in [-0.05, 0) is 0 Å².